The number of fused-ring (bicyclic) bond motifs is 1. The Balaban J connectivity index is 1.44. The fourth-order valence-corrected chi connectivity index (χ4v) is 4.45. The first kappa shape index (κ1) is 19.3. The van der Waals surface area contributed by atoms with E-state index >= 15 is 0 Å². The molecule has 1 amide bonds. The van der Waals surface area contributed by atoms with Crippen LogP contribution in [0.5, 0.6) is 0 Å². The van der Waals surface area contributed by atoms with Crippen LogP contribution in [0.2, 0.25) is 0 Å². The highest BCUT2D eigenvalue weighted by Gasteiger charge is 2.44. The maximum Gasteiger partial charge on any atom is 0.255 e. The molecule has 0 saturated carbocycles. The molecule has 1 N–H and O–H groups in total. The molecule has 0 unspecified atom stereocenters. The largest absolute Gasteiger partial charge is 0.373 e. The highest BCUT2D eigenvalue weighted by molar-refractivity contribution is 5.97. The topological polar surface area (TPSA) is 54.5 Å². The lowest BCUT2D eigenvalue weighted by molar-refractivity contribution is -0.0449. The summed E-state index contributed by atoms with van der Waals surface area (Å²) >= 11 is 0. The summed E-state index contributed by atoms with van der Waals surface area (Å²) in [6.07, 6.45) is 4.76. The van der Waals surface area contributed by atoms with Gasteiger partial charge in [0.1, 0.15) is 0 Å². The predicted molar refractivity (Wildman–Crippen MR) is 111 cm³/mol. The molecule has 0 aliphatic carbocycles. The van der Waals surface area contributed by atoms with Crippen molar-refractivity contribution in [2.24, 2.45) is 5.92 Å². The molecule has 0 bridgehead atoms. The average Bonchev–Trinajstić information content (AvgIpc) is 3.07. The molecular formula is C23H31N3O2. The van der Waals surface area contributed by atoms with Crippen LogP contribution >= 0.6 is 0 Å². The highest BCUT2D eigenvalue weighted by atomic mass is 16.5. The summed E-state index contributed by atoms with van der Waals surface area (Å²) in [5, 5.41) is 4.60. The van der Waals surface area contributed by atoms with Gasteiger partial charge in [-0.2, -0.15) is 0 Å². The van der Waals surface area contributed by atoms with Crippen molar-refractivity contribution in [1.82, 2.24) is 15.2 Å². The summed E-state index contributed by atoms with van der Waals surface area (Å²) in [6, 6.07) is 9.87. The number of para-hydroxylation sites is 1. The molecule has 150 valence electrons. The third kappa shape index (κ3) is 4.20. The molecule has 5 heteroatoms. The van der Waals surface area contributed by atoms with Crippen LogP contribution in [0.1, 0.15) is 50.4 Å². The van der Waals surface area contributed by atoms with Crippen LogP contribution in [-0.4, -0.2) is 53.2 Å². The number of carbonyl (C=O) groups is 1. The van der Waals surface area contributed by atoms with Crippen molar-refractivity contribution in [2.45, 2.75) is 51.2 Å². The molecule has 2 aliphatic heterocycles. The molecule has 0 radical (unpaired) electrons. The maximum absolute atomic E-state index is 13.1. The van der Waals surface area contributed by atoms with E-state index in [4.69, 9.17) is 4.74 Å². The molecule has 1 aromatic carbocycles. The third-order valence-electron chi connectivity index (χ3n) is 5.87. The normalized spacial score (nSPS) is 25.5. The van der Waals surface area contributed by atoms with E-state index < -0.39 is 0 Å². The Hall–Kier alpha value is -1.98. The second-order valence-corrected chi connectivity index (χ2v) is 9.44. The first-order chi connectivity index (χ1) is 13.3. The lowest BCUT2D eigenvalue weighted by atomic mass is 9.86. The number of nitrogens with one attached hydrogen (secondary N) is 1. The zero-order valence-electron chi connectivity index (χ0n) is 17.2. The Morgan fingerprint density at radius 1 is 1.36 bits per heavy atom. The Morgan fingerprint density at radius 3 is 3.00 bits per heavy atom. The van der Waals surface area contributed by atoms with E-state index in [9.17, 15) is 4.79 Å². The minimum absolute atomic E-state index is 0.0668. The first-order valence-electron chi connectivity index (χ1n) is 10.4. The van der Waals surface area contributed by atoms with Gasteiger partial charge in [0.25, 0.3) is 5.91 Å². The van der Waals surface area contributed by atoms with Gasteiger partial charge in [-0.05, 0) is 58.1 Å². The fourth-order valence-electron chi connectivity index (χ4n) is 4.45. The summed E-state index contributed by atoms with van der Waals surface area (Å²) in [4.78, 5) is 19.6. The Morgan fingerprint density at radius 2 is 2.18 bits per heavy atom. The molecule has 2 atom stereocenters. The van der Waals surface area contributed by atoms with E-state index in [-0.39, 0.29) is 17.0 Å². The molecule has 2 aromatic rings. The van der Waals surface area contributed by atoms with Gasteiger partial charge in [-0.3, -0.25) is 9.78 Å². The van der Waals surface area contributed by atoms with Crippen LogP contribution in [0.25, 0.3) is 10.9 Å². The number of aromatic nitrogens is 1. The molecule has 3 heterocycles. The van der Waals surface area contributed by atoms with Crippen LogP contribution in [0, 0.1) is 5.92 Å². The summed E-state index contributed by atoms with van der Waals surface area (Å²) in [7, 11) is 0. The average molecular weight is 382 g/mol. The molecule has 2 fully saturated rings. The Bertz CT molecular complexity index is 860. The van der Waals surface area contributed by atoms with E-state index in [0.29, 0.717) is 18.0 Å². The van der Waals surface area contributed by atoms with E-state index in [1.807, 2.05) is 35.2 Å². The number of piperidine rings is 1. The van der Waals surface area contributed by atoms with Gasteiger partial charge in [-0.25, -0.2) is 0 Å². The van der Waals surface area contributed by atoms with Crippen molar-refractivity contribution >= 4 is 16.8 Å². The molecule has 5 nitrogen and oxygen atoms in total. The lowest BCUT2D eigenvalue weighted by Gasteiger charge is -2.40. The maximum atomic E-state index is 13.1. The smallest absolute Gasteiger partial charge is 0.255 e. The van der Waals surface area contributed by atoms with Gasteiger partial charge in [0, 0.05) is 36.8 Å². The number of benzene rings is 1. The Labute approximate surface area is 167 Å². The number of carbonyl (C=O) groups excluding carboxylic acids is 1. The molecule has 1 aromatic heterocycles. The van der Waals surface area contributed by atoms with Gasteiger partial charge >= 0.3 is 0 Å². The zero-order valence-corrected chi connectivity index (χ0v) is 17.2. The summed E-state index contributed by atoms with van der Waals surface area (Å²) in [5.74, 6) is 0.578. The molecular weight excluding hydrogens is 350 g/mol. The van der Waals surface area contributed by atoms with Crippen molar-refractivity contribution in [3.8, 4) is 0 Å². The predicted octanol–water partition coefficient (Wildman–Crippen LogP) is 3.63. The quantitative estimate of drug-likeness (QED) is 0.882. The standard InChI is InChI=1S/C23H31N3O2/c1-22(2,3)25-13-17-12-23(28-15-17)9-6-10-26(16-23)21(27)19-11-18-7-4-5-8-20(18)24-14-19/h4-5,7-8,11,14,17,25H,6,9-10,12-13,15-16H2,1-3H3/t17-,23-/m1/s1. The number of amides is 1. The minimum atomic E-state index is -0.178. The first-order valence-corrected chi connectivity index (χ1v) is 10.4. The van der Waals surface area contributed by atoms with Crippen molar-refractivity contribution < 1.29 is 9.53 Å². The fraction of sp³-hybridized carbons (Fsp3) is 0.565. The van der Waals surface area contributed by atoms with Crippen LogP contribution in [-0.2, 0) is 4.74 Å². The monoisotopic (exact) mass is 381 g/mol. The zero-order chi connectivity index (χ0) is 19.8. The van der Waals surface area contributed by atoms with E-state index in [1.54, 1.807) is 6.20 Å². The molecule has 28 heavy (non-hydrogen) atoms. The molecule has 1 spiro atoms. The van der Waals surface area contributed by atoms with Gasteiger partial charge in [0.05, 0.1) is 23.3 Å². The van der Waals surface area contributed by atoms with E-state index in [2.05, 4.69) is 31.1 Å². The number of nitrogens with zero attached hydrogens (tertiary/aromatic N) is 2. The van der Waals surface area contributed by atoms with Crippen LogP contribution < -0.4 is 5.32 Å². The number of hydrogen-bond donors (Lipinski definition) is 1. The summed E-state index contributed by atoms with van der Waals surface area (Å²) in [6.45, 7) is 9.80. The van der Waals surface area contributed by atoms with Crippen LogP contribution in [0.4, 0.5) is 0 Å². The summed E-state index contributed by atoms with van der Waals surface area (Å²) < 4.78 is 6.30. The van der Waals surface area contributed by atoms with Crippen molar-refractivity contribution in [2.75, 3.05) is 26.2 Å². The van der Waals surface area contributed by atoms with Crippen LogP contribution in [0.3, 0.4) is 0 Å². The number of ether oxygens (including phenoxy) is 1. The van der Waals surface area contributed by atoms with E-state index in [0.717, 1.165) is 49.9 Å². The molecule has 2 saturated heterocycles. The van der Waals surface area contributed by atoms with Crippen molar-refractivity contribution in [3.05, 3.63) is 42.1 Å². The van der Waals surface area contributed by atoms with Crippen LogP contribution in [0.15, 0.2) is 36.5 Å². The number of hydrogen-bond acceptors (Lipinski definition) is 4. The SMILES string of the molecule is CC(C)(C)NC[C@@H]1CO[C@]2(CCCN(C(=O)c3cnc4ccccc4c3)C2)C1. The number of rotatable bonds is 3. The van der Waals surface area contributed by atoms with Gasteiger partial charge < -0.3 is 15.0 Å². The molecule has 4 rings (SSSR count). The minimum Gasteiger partial charge on any atom is -0.373 e. The van der Waals surface area contributed by atoms with Crippen molar-refractivity contribution in [1.29, 1.82) is 0 Å². The van der Waals surface area contributed by atoms with E-state index in [1.165, 1.54) is 0 Å². The highest BCUT2D eigenvalue weighted by Crippen LogP contribution is 2.37. The number of likely N-dealkylation sites (tertiary alicyclic amines) is 1. The van der Waals surface area contributed by atoms with Gasteiger partial charge in [-0.15, -0.1) is 0 Å². The lowest BCUT2D eigenvalue weighted by Crippen LogP contribution is -2.50. The molecule has 2 aliphatic rings. The number of pyridine rings is 1. The third-order valence-corrected chi connectivity index (χ3v) is 5.87. The Kier molecular flexibility index (Phi) is 5.15. The second-order valence-electron chi connectivity index (χ2n) is 9.44. The van der Waals surface area contributed by atoms with Gasteiger partial charge in [0.15, 0.2) is 0 Å². The van der Waals surface area contributed by atoms with Gasteiger partial charge in [0.2, 0.25) is 0 Å². The summed E-state index contributed by atoms with van der Waals surface area (Å²) in [5.41, 5.74) is 1.53. The van der Waals surface area contributed by atoms with Gasteiger partial charge in [-0.1, -0.05) is 18.2 Å². The second kappa shape index (κ2) is 7.45. The van der Waals surface area contributed by atoms with Crippen molar-refractivity contribution in [3.63, 3.8) is 0 Å².